The van der Waals surface area contributed by atoms with Crippen molar-refractivity contribution < 1.29 is 19.1 Å². The van der Waals surface area contributed by atoms with Crippen molar-refractivity contribution in [1.82, 2.24) is 4.57 Å². The number of nitrogens with one attached hydrogen (secondary N) is 1. The molecule has 2 rings (SSSR count). The lowest BCUT2D eigenvalue weighted by Crippen LogP contribution is -2.21. The third-order valence-corrected chi connectivity index (χ3v) is 4.59. The molecule has 0 unspecified atom stereocenters. The third kappa shape index (κ3) is 5.67. The van der Waals surface area contributed by atoms with E-state index in [2.05, 4.69) is 16.8 Å². The molecule has 1 N–H and O–H groups in total. The van der Waals surface area contributed by atoms with Crippen molar-refractivity contribution in [3.63, 3.8) is 0 Å². The summed E-state index contributed by atoms with van der Waals surface area (Å²) in [4.78, 5) is 35.7. The third-order valence-electron chi connectivity index (χ3n) is 4.59. The van der Waals surface area contributed by atoms with Crippen LogP contribution in [0.25, 0.3) is 6.08 Å². The van der Waals surface area contributed by atoms with E-state index >= 15 is 0 Å². The summed E-state index contributed by atoms with van der Waals surface area (Å²) >= 11 is 0. The fourth-order valence-electron chi connectivity index (χ4n) is 3.06. The Bertz CT molecular complexity index is 1040. The van der Waals surface area contributed by atoms with Gasteiger partial charge >= 0.3 is 5.97 Å². The fourth-order valence-corrected chi connectivity index (χ4v) is 3.06. The molecule has 0 fully saturated rings. The average molecular weight is 407 g/mol. The first-order valence-electron chi connectivity index (χ1n) is 9.63. The van der Waals surface area contributed by atoms with Crippen molar-refractivity contribution in [1.29, 1.82) is 5.26 Å². The van der Waals surface area contributed by atoms with E-state index in [1.807, 2.05) is 26.0 Å². The zero-order chi connectivity index (χ0) is 22.3. The van der Waals surface area contributed by atoms with E-state index in [1.54, 1.807) is 18.2 Å². The number of carbonyl (C=O) groups excluding carboxylic acids is 3. The van der Waals surface area contributed by atoms with Gasteiger partial charge in [-0.2, -0.15) is 5.26 Å². The van der Waals surface area contributed by atoms with Crippen molar-refractivity contribution in [3.05, 3.63) is 58.4 Å². The maximum Gasteiger partial charge on any atom is 0.349 e. The maximum atomic E-state index is 12.3. The minimum Gasteiger partial charge on any atom is -0.451 e. The second kappa shape index (κ2) is 10.2. The molecule has 2 aromatic rings. The van der Waals surface area contributed by atoms with Gasteiger partial charge in [0.1, 0.15) is 11.6 Å². The van der Waals surface area contributed by atoms with Crippen LogP contribution < -0.4 is 5.32 Å². The number of esters is 1. The molecule has 0 aliphatic carbocycles. The first-order chi connectivity index (χ1) is 14.3. The molecule has 0 saturated heterocycles. The number of ketones is 1. The van der Waals surface area contributed by atoms with Crippen molar-refractivity contribution in [2.45, 2.75) is 40.7 Å². The largest absolute Gasteiger partial charge is 0.451 e. The zero-order valence-electron chi connectivity index (χ0n) is 17.6. The van der Waals surface area contributed by atoms with E-state index in [-0.39, 0.29) is 11.4 Å². The van der Waals surface area contributed by atoms with Crippen molar-refractivity contribution in [2.24, 2.45) is 0 Å². The zero-order valence-corrected chi connectivity index (χ0v) is 17.6. The molecule has 0 spiro atoms. The molecule has 30 heavy (non-hydrogen) atoms. The lowest BCUT2D eigenvalue weighted by molar-refractivity contribution is -0.142. The number of anilines is 1. The van der Waals surface area contributed by atoms with Crippen LogP contribution in [0.2, 0.25) is 0 Å². The van der Waals surface area contributed by atoms with E-state index < -0.39 is 18.5 Å². The Balaban J connectivity index is 2.04. The highest BCUT2D eigenvalue weighted by Crippen LogP contribution is 2.19. The summed E-state index contributed by atoms with van der Waals surface area (Å²) in [6.45, 7) is 7.71. The van der Waals surface area contributed by atoms with Crippen LogP contribution in [-0.4, -0.2) is 28.8 Å². The molecule has 0 radical (unpaired) electrons. The van der Waals surface area contributed by atoms with Crippen LogP contribution in [0, 0.1) is 25.2 Å². The summed E-state index contributed by atoms with van der Waals surface area (Å²) in [6, 6.07) is 10.2. The molecule has 1 aromatic carbocycles. The van der Waals surface area contributed by atoms with Crippen molar-refractivity contribution in [2.75, 3.05) is 11.9 Å². The van der Waals surface area contributed by atoms with Gasteiger partial charge < -0.3 is 14.6 Å². The minimum atomic E-state index is -0.870. The topological polar surface area (TPSA) is 101 Å². The molecule has 1 heterocycles. The number of rotatable bonds is 8. The normalized spacial score (nSPS) is 11.0. The molecular weight excluding hydrogens is 382 g/mol. The second-order valence-corrected chi connectivity index (χ2v) is 6.91. The van der Waals surface area contributed by atoms with Crippen molar-refractivity contribution in [3.8, 4) is 6.07 Å². The highest BCUT2D eigenvalue weighted by molar-refractivity contribution is 6.01. The minimum absolute atomic E-state index is 0.125. The van der Waals surface area contributed by atoms with Crippen LogP contribution >= 0.6 is 0 Å². The van der Waals surface area contributed by atoms with Crippen LogP contribution in [0.3, 0.4) is 0 Å². The first-order valence-corrected chi connectivity index (χ1v) is 9.63. The van der Waals surface area contributed by atoms with E-state index in [4.69, 9.17) is 4.74 Å². The molecule has 156 valence electrons. The SMILES string of the molecule is CCCn1c(C)cc(/C=C(\C#N)C(=O)OCC(=O)Nc2cccc(C(C)=O)c2)c1C. The molecule has 7 nitrogen and oxygen atoms in total. The van der Waals surface area contributed by atoms with Gasteiger partial charge in [-0.1, -0.05) is 19.1 Å². The van der Waals surface area contributed by atoms with Gasteiger partial charge in [-0.15, -0.1) is 0 Å². The molecule has 1 amide bonds. The molecule has 0 atom stereocenters. The van der Waals surface area contributed by atoms with E-state index in [0.717, 1.165) is 29.9 Å². The predicted molar refractivity (Wildman–Crippen MR) is 114 cm³/mol. The van der Waals surface area contributed by atoms with Crippen molar-refractivity contribution >= 4 is 29.4 Å². The lowest BCUT2D eigenvalue weighted by Gasteiger charge is -2.08. The quantitative estimate of drug-likeness (QED) is 0.310. The molecule has 0 bridgehead atoms. The van der Waals surface area contributed by atoms with Gasteiger partial charge in [0.25, 0.3) is 5.91 Å². The summed E-state index contributed by atoms with van der Waals surface area (Å²) in [5.74, 6) is -1.56. The van der Waals surface area contributed by atoms with Gasteiger partial charge in [0, 0.05) is 29.2 Å². The summed E-state index contributed by atoms with van der Waals surface area (Å²) < 4.78 is 7.11. The fraction of sp³-hybridized carbons (Fsp3) is 0.304. The Morgan fingerprint density at radius 2 is 1.97 bits per heavy atom. The molecule has 7 heteroatoms. The molecule has 0 aliphatic heterocycles. The summed E-state index contributed by atoms with van der Waals surface area (Å²) in [5.41, 5.74) is 3.46. The smallest absolute Gasteiger partial charge is 0.349 e. The second-order valence-electron chi connectivity index (χ2n) is 6.91. The number of hydrogen-bond donors (Lipinski definition) is 1. The molecular formula is C23H25N3O4. The number of aryl methyl sites for hydroxylation is 1. The standard InChI is InChI=1S/C23H25N3O4/c1-5-9-26-15(2)10-19(16(26)3)11-20(13-24)23(29)30-14-22(28)25-21-8-6-7-18(12-21)17(4)27/h6-8,10-12H,5,9,14H2,1-4H3,(H,25,28)/b20-11+. The van der Waals surface area contributed by atoms with E-state index in [0.29, 0.717) is 11.3 Å². The van der Waals surface area contributed by atoms with Gasteiger partial charge in [0.05, 0.1) is 0 Å². The van der Waals surface area contributed by atoms with E-state index in [1.165, 1.54) is 19.1 Å². The number of Topliss-reactive ketones (excluding diaryl/α,β-unsaturated/α-hetero) is 1. The number of carbonyl (C=O) groups is 3. The van der Waals surface area contributed by atoms with Crippen LogP contribution in [0.4, 0.5) is 5.69 Å². The van der Waals surface area contributed by atoms with Crippen LogP contribution in [0.5, 0.6) is 0 Å². The molecule has 0 aliphatic rings. The number of amides is 1. The Morgan fingerprint density at radius 3 is 2.60 bits per heavy atom. The maximum absolute atomic E-state index is 12.3. The Morgan fingerprint density at radius 1 is 1.23 bits per heavy atom. The van der Waals surface area contributed by atoms with E-state index in [9.17, 15) is 19.6 Å². The summed E-state index contributed by atoms with van der Waals surface area (Å²) in [7, 11) is 0. The summed E-state index contributed by atoms with van der Waals surface area (Å²) in [6.07, 6.45) is 2.45. The van der Waals surface area contributed by atoms with Gasteiger partial charge in [-0.05, 0) is 57.0 Å². The number of nitrogens with zero attached hydrogens (tertiary/aromatic N) is 2. The van der Waals surface area contributed by atoms with Crippen LogP contribution in [-0.2, 0) is 20.9 Å². The Hall–Kier alpha value is -3.66. The van der Waals surface area contributed by atoms with Gasteiger partial charge in [0.2, 0.25) is 0 Å². The van der Waals surface area contributed by atoms with Gasteiger partial charge in [0.15, 0.2) is 12.4 Å². The number of aromatic nitrogens is 1. The van der Waals surface area contributed by atoms with Crippen LogP contribution in [0.1, 0.15) is 47.6 Å². The first kappa shape index (κ1) is 22.6. The average Bonchev–Trinajstić information content (AvgIpc) is 2.98. The van der Waals surface area contributed by atoms with Gasteiger partial charge in [-0.25, -0.2) is 4.79 Å². The summed E-state index contributed by atoms with van der Waals surface area (Å²) in [5, 5.41) is 11.9. The number of hydrogen-bond acceptors (Lipinski definition) is 5. The number of ether oxygens (including phenoxy) is 1. The number of benzene rings is 1. The molecule has 1 aromatic heterocycles. The molecule has 0 saturated carbocycles. The lowest BCUT2D eigenvalue weighted by atomic mass is 10.1. The van der Waals surface area contributed by atoms with Gasteiger partial charge in [-0.3, -0.25) is 9.59 Å². The predicted octanol–water partition coefficient (Wildman–Crippen LogP) is 3.81. The monoisotopic (exact) mass is 407 g/mol. The van der Waals surface area contributed by atoms with Crippen LogP contribution in [0.15, 0.2) is 35.9 Å². The highest BCUT2D eigenvalue weighted by Gasteiger charge is 2.15. The Labute approximate surface area is 176 Å². The Kier molecular flexibility index (Phi) is 7.70. The highest BCUT2D eigenvalue weighted by atomic mass is 16.5. The number of nitriles is 1.